The maximum Gasteiger partial charge on any atom is 0.0601 e. The summed E-state index contributed by atoms with van der Waals surface area (Å²) >= 11 is 6.81. The van der Waals surface area contributed by atoms with Crippen molar-refractivity contribution in [2.24, 2.45) is 0 Å². The number of fused-ring (bicyclic) bond motifs is 5. The van der Waals surface area contributed by atoms with Crippen molar-refractivity contribution in [3.05, 3.63) is 212 Å². The summed E-state index contributed by atoms with van der Waals surface area (Å²) in [6, 6.07) is 77.0. The summed E-state index contributed by atoms with van der Waals surface area (Å²) in [5.74, 6) is 0. The van der Waals surface area contributed by atoms with Crippen molar-refractivity contribution in [2.45, 2.75) is 14.7 Å². The third-order valence-corrected chi connectivity index (χ3v) is 12.8. The zero-order chi connectivity index (χ0) is 38.6. The first-order valence-corrected chi connectivity index (χ1v) is 20.8. The van der Waals surface area contributed by atoms with Crippen LogP contribution < -0.4 is 9.80 Å². The highest BCUT2D eigenvalue weighted by Crippen LogP contribution is 2.53. The fourth-order valence-corrected chi connectivity index (χ4v) is 10.0. The lowest BCUT2D eigenvalue weighted by molar-refractivity contribution is 1.17. The molecule has 0 spiro atoms. The normalized spacial score (nSPS) is 12.1. The summed E-state index contributed by atoms with van der Waals surface area (Å²) in [5, 5.41) is 7.25. The Morgan fingerprint density at radius 3 is 1.72 bits per heavy atom. The number of rotatable bonds is 6. The number of nitrogens with zero attached hydrogens (tertiary/aromatic N) is 2. The van der Waals surface area contributed by atoms with Gasteiger partial charge in [-0.2, -0.15) is 0 Å². The molecule has 0 fully saturated rings. The van der Waals surface area contributed by atoms with Crippen LogP contribution in [0.2, 0.25) is 0 Å². The average Bonchev–Trinajstić information content (AvgIpc) is 3.28. The van der Waals surface area contributed by atoms with Gasteiger partial charge in [-0.3, -0.25) is 0 Å². The molecule has 1 aliphatic rings. The van der Waals surface area contributed by atoms with Crippen molar-refractivity contribution in [1.82, 2.24) is 0 Å². The summed E-state index contributed by atoms with van der Waals surface area (Å²) in [6.45, 7) is 0. The Kier molecular flexibility index (Phi) is 8.53. The van der Waals surface area contributed by atoms with Gasteiger partial charge in [-0.25, -0.2) is 0 Å². The molecular formula is C54H36N2S2. The predicted octanol–water partition coefficient (Wildman–Crippen LogP) is 16.2. The minimum atomic E-state index is 0.913. The van der Waals surface area contributed by atoms with Crippen molar-refractivity contribution >= 4 is 90.8 Å². The summed E-state index contributed by atoms with van der Waals surface area (Å²) in [5.41, 5.74) is 11.5. The second-order valence-corrected chi connectivity index (χ2v) is 16.2. The first-order chi connectivity index (χ1) is 28.7. The fraction of sp³-hybridized carbons (Fsp3) is 0. The molecule has 0 saturated heterocycles. The summed E-state index contributed by atoms with van der Waals surface area (Å²) < 4.78 is 0. The fourth-order valence-electron chi connectivity index (χ4n) is 8.69. The zero-order valence-electron chi connectivity index (χ0n) is 31.5. The molecule has 0 aromatic heterocycles. The van der Waals surface area contributed by atoms with E-state index < -0.39 is 0 Å². The molecule has 274 valence electrons. The van der Waals surface area contributed by atoms with Gasteiger partial charge in [0, 0.05) is 31.7 Å². The van der Waals surface area contributed by atoms with E-state index in [1.165, 1.54) is 75.7 Å². The van der Waals surface area contributed by atoms with Crippen molar-refractivity contribution in [3.63, 3.8) is 0 Å². The van der Waals surface area contributed by atoms with Crippen LogP contribution in [0, 0.1) is 0 Å². The third-order valence-electron chi connectivity index (χ3n) is 11.3. The van der Waals surface area contributed by atoms with Gasteiger partial charge in [0.1, 0.15) is 0 Å². The van der Waals surface area contributed by atoms with Gasteiger partial charge >= 0.3 is 0 Å². The van der Waals surface area contributed by atoms with Gasteiger partial charge in [-0.15, -0.1) is 12.6 Å². The smallest absolute Gasteiger partial charge is 0.0601 e. The molecule has 0 atom stereocenters. The van der Waals surface area contributed by atoms with Crippen molar-refractivity contribution in [2.75, 3.05) is 9.80 Å². The molecule has 1 aliphatic heterocycles. The maximum absolute atomic E-state index is 4.98. The highest BCUT2D eigenvalue weighted by atomic mass is 32.2. The van der Waals surface area contributed by atoms with Crippen molar-refractivity contribution < 1.29 is 0 Å². The van der Waals surface area contributed by atoms with Gasteiger partial charge < -0.3 is 9.80 Å². The molecule has 4 heteroatoms. The average molecular weight is 777 g/mol. The Balaban J connectivity index is 1.25. The Hall–Kier alpha value is -6.72. The number of hydrogen-bond donors (Lipinski definition) is 1. The monoisotopic (exact) mass is 776 g/mol. The Morgan fingerprint density at radius 2 is 0.983 bits per heavy atom. The van der Waals surface area contributed by atoms with Crippen molar-refractivity contribution in [1.29, 1.82) is 0 Å². The van der Waals surface area contributed by atoms with Crippen LogP contribution in [0.3, 0.4) is 0 Å². The van der Waals surface area contributed by atoms with Crippen LogP contribution in [0.4, 0.5) is 34.1 Å². The van der Waals surface area contributed by atoms with Crippen LogP contribution in [0.15, 0.2) is 227 Å². The van der Waals surface area contributed by atoms with E-state index in [2.05, 4.69) is 216 Å². The summed E-state index contributed by atoms with van der Waals surface area (Å²) in [4.78, 5) is 8.17. The quantitative estimate of drug-likeness (QED) is 0.133. The topological polar surface area (TPSA) is 6.48 Å². The molecule has 0 N–H and O–H groups in total. The highest BCUT2D eigenvalue weighted by Gasteiger charge is 2.26. The van der Waals surface area contributed by atoms with E-state index in [4.69, 9.17) is 12.6 Å². The van der Waals surface area contributed by atoms with Gasteiger partial charge in [-0.05, 0) is 133 Å². The van der Waals surface area contributed by atoms with Crippen LogP contribution in [-0.4, -0.2) is 0 Å². The molecule has 0 radical (unpaired) electrons. The third kappa shape index (κ3) is 5.84. The van der Waals surface area contributed by atoms with E-state index in [0.29, 0.717) is 0 Å². The molecule has 2 nitrogen and oxygen atoms in total. The largest absolute Gasteiger partial charge is 0.309 e. The summed E-state index contributed by atoms with van der Waals surface area (Å²) in [6.07, 6.45) is 0. The van der Waals surface area contributed by atoms with Gasteiger partial charge in [0.2, 0.25) is 0 Å². The molecular weight excluding hydrogens is 741 g/mol. The molecule has 0 bridgehead atoms. The molecule has 10 aromatic rings. The van der Waals surface area contributed by atoms with Crippen LogP contribution in [0.5, 0.6) is 0 Å². The second-order valence-electron chi connectivity index (χ2n) is 14.7. The maximum atomic E-state index is 4.98. The lowest BCUT2D eigenvalue weighted by atomic mass is 9.85. The molecule has 1 heterocycles. The van der Waals surface area contributed by atoms with Crippen LogP contribution in [-0.2, 0) is 0 Å². The van der Waals surface area contributed by atoms with E-state index in [0.717, 1.165) is 27.6 Å². The minimum Gasteiger partial charge on any atom is -0.309 e. The molecule has 10 aromatic carbocycles. The van der Waals surface area contributed by atoms with Gasteiger partial charge in [-0.1, -0.05) is 145 Å². The zero-order valence-corrected chi connectivity index (χ0v) is 33.2. The van der Waals surface area contributed by atoms with Crippen LogP contribution in [0.25, 0.3) is 54.6 Å². The second kappa shape index (κ2) is 14.3. The van der Waals surface area contributed by atoms with Gasteiger partial charge in [0.05, 0.1) is 17.1 Å². The molecule has 0 amide bonds. The van der Waals surface area contributed by atoms with Crippen LogP contribution >= 0.6 is 24.4 Å². The van der Waals surface area contributed by atoms with Crippen LogP contribution in [0.1, 0.15) is 0 Å². The van der Waals surface area contributed by atoms with E-state index in [1.54, 1.807) is 0 Å². The Bertz CT molecular complexity index is 3130. The van der Waals surface area contributed by atoms with E-state index in [9.17, 15) is 0 Å². The number of hydrogen-bond acceptors (Lipinski definition) is 4. The number of anilines is 6. The Labute approximate surface area is 348 Å². The van der Waals surface area contributed by atoms with Crippen molar-refractivity contribution in [3.8, 4) is 22.3 Å². The van der Waals surface area contributed by atoms with Gasteiger partial charge in [0.15, 0.2) is 0 Å². The number of benzene rings is 10. The first kappa shape index (κ1) is 34.5. The standard InChI is InChI=1S/C54H36N2S2/c57-50-24-12-9-21-47(50)55(40-19-5-2-6-20-40)41-29-31-43-46(34-41)54(39-28-27-36-15-7-8-18-38(36)33-39)44-32-30-42(35-45(44)53(43)37-16-3-1-4-17-37)56-48-22-10-13-25-51(48)58-52-26-14-11-23-49(52)56/h1-35,57H. The highest BCUT2D eigenvalue weighted by molar-refractivity contribution is 7.99. The lowest BCUT2D eigenvalue weighted by Gasteiger charge is -2.33. The number of para-hydroxylation sites is 4. The van der Waals surface area contributed by atoms with E-state index >= 15 is 0 Å². The van der Waals surface area contributed by atoms with Gasteiger partial charge in [0.25, 0.3) is 0 Å². The van der Waals surface area contributed by atoms with E-state index in [-0.39, 0.29) is 0 Å². The number of thiol groups is 1. The molecule has 0 saturated carbocycles. The first-order valence-electron chi connectivity index (χ1n) is 19.6. The molecule has 11 rings (SSSR count). The molecule has 58 heavy (non-hydrogen) atoms. The summed E-state index contributed by atoms with van der Waals surface area (Å²) in [7, 11) is 0. The van der Waals surface area contributed by atoms with E-state index in [1.807, 2.05) is 17.8 Å². The minimum absolute atomic E-state index is 0.913. The SMILES string of the molecule is Sc1ccccc1N(c1ccccc1)c1ccc2c(-c3ccccc3)c3cc(N4c5ccccc5Sc5ccccc54)ccc3c(-c3ccc4ccccc4c3)c2c1. The predicted molar refractivity (Wildman–Crippen MR) is 251 cm³/mol. The lowest BCUT2D eigenvalue weighted by Crippen LogP contribution is -2.14. The molecule has 0 unspecified atom stereocenters. The molecule has 0 aliphatic carbocycles. The Morgan fingerprint density at radius 1 is 0.397 bits per heavy atom.